The largest absolute Gasteiger partial charge is 0.358 e. The number of nitrogens with one attached hydrogen (secondary N) is 2. The first-order valence-corrected chi connectivity index (χ1v) is 5.44. The van der Waals surface area contributed by atoms with Crippen LogP contribution in [-0.4, -0.2) is 28.7 Å². The molecule has 1 aromatic heterocycles. The highest BCUT2D eigenvalue weighted by molar-refractivity contribution is 7.99. The normalized spacial score (nSPS) is 10.1. The first-order chi connectivity index (χ1) is 7.04. The number of thioether (sulfide) groups is 1. The van der Waals surface area contributed by atoms with Crippen molar-refractivity contribution in [3.8, 4) is 0 Å². The molecule has 0 spiro atoms. The summed E-state index contributed by atoms with van der Waals surface area (Å²) < 4.78 is 0. The number of carbonyl (C=O) groups excluding carboxylic acids is 1. The maximum atomic E-state index is 11.4. The van der Waals surface area contributed by atoms with E-state index in [9.17, 15) is 9.59 Å². The van der Waals surface area contributed by atoms with E-state index in [1.54, 1.807) is 20.9 Å². The van der Waals surface area contributed by atoms with Gasteiger partial charge in [-0.1, -0.05) is 11.8 Å². The first-order valence-electron chi connectivity index (χ1n) is 4.45. The molecule has 1 aromatic rings. The molecule has 0 bridgehead atoms. The Bertz CT molecular complexity index is 428. The smallest absolute Gasteiger partial charge is 0.254 e. The van der Waals surface area contributed by atoms with Gasteiger partial charge in [-0.2, -0.15) is 0 Å². The topological polar surface area (TPSA) is 74.8 Å². The van der Waals surface area contributed by atoms with Crippen LogP contribution in [-0.2, 0) is 4.79 Å². The Labute approximate surface area is 91.7 Å². The monoisotopic (exact) mass is 227 g/mol. The number of amides is 1. The summed E-state index contributed by atoms with van der Waals surface area (Å²) in [6, 6.07) is 0. The van der Waals surface area contributed by atoms with Crippen molar-refractivity contribution in [2.75, 3.05) is 12.8 Å². The molecule has 2 N–H and O–H groups in total. The van der Waals surface area contributed by atoms with E-state index in [4.69, 9.17) is 0 Å². The Morgan fingerprint density at radius 3 is 2.73 bits per heavy atom. The number of aryl methyl sites for hydroxylation is 1. The van der Waals surface area contributed by atoms with Crippen molar-refractivity contribution in [2.45, 2.75) is 19.0 Å². The maximum Gasteiger partial charge on any atom is 0.254 e. The van der Waals surface area contributed by atoms with Gasteiger partial charge in [-0.05, 0) is 13.8 Å². The number of hydrogen-bond donors (Lipinski definition) is 2. The summed E-state index contributed by atoms with van der Waals surface area (Å²) >= 11 is 1.21. The zero-order valence-corrected chi connectivity index (χ0v) is 9.70. The predicted octanol–water partition coefficient (Wildman–Crippen LogP) is 0.225. The highest BCUT2D eigenvalue weighted by atomic mass is 32.2. The third-order valence-electron chi connectivity index (χ3n) is 1.99. The molecule has 0 saturated carbocycles. The fourth-order valence-corrected chi connectivity index (χ4v) is 1.67. The molecule has 82 valence electrons. The van der Waals surface area contributed by atoms with E-state index in [0.29, 0.717) is 16.4 Å². The van der Waals surface area contributed by atoms with E-state index in [0.717, 1.165) is 0 Å². The average Bonchev–Trinajstić information content (AvgIpc) is 2.22. The zero-order chi connectivity index (χ0) is 11.4. The van der Waals surface area contributed by atoms with Crippen LogP contribution in [0.15, 0.2) is 9.95 Å². The van der Waals surface area contributed by atoms with Crippen LogP contribution in [0.3, 0.4) is 0 Å². The summed E-state index contributed by atoms with van der Waals surface area (Å²) in [4.78, 5) is 29.1. The molecule has 0 unspecified atom stereocenters. The minimum absolute atomic E-state index is 0.0964. The van der Waals surface area contributed by atoms with Crippen molar-refractivity contribution < 1.29 is 4.79 Å². The van der Waals surface area contributed by atoms with Crippen molar-refractivity contribution in [3.05, 3.63) is 21.6 Å². The van der Waals surface area contributed by atoms with Gasteiger partial charge in [0, 0.05) is 18.3 Å². The highest BCUT2D eigenvalue weighted by Crippen LogP contribution is 2.11. The predicted molar refractivity (Wildman–Crippen MR) is 59.1 cm³/mol. The van der Waals surface area contributed by atoms with Gasteiger partial charge in [0.05, 0.1) is 5.75 Å². The Morgan fingerprint density at radius 1 is 1.53 bits per heavy atom. The lowest BCUT2D eigenvalue weighted by molar-refractivity contribution is -0.118. The van der Waals surface area contributed by atoms with Gasteiger partial charge in [0.15, 0.2) is 5.16 Å². The molecular formula is C9H13N3O2S. The van der Waals surface area contributed by atoms with E-state index in [1.165, 1.54) is 11.8 Å². The Balaban J connectivity index is 2.79. The van der Waals surface area contributed by atoms with Crippen LogP contribution in [0.1, 0.15) is 11.3 Å². The van der Waals surface area contributed by atoms with Gasteiger partial charge in [-0.25, -0.2) is 4.98 Å². The third kappa shape index (κ3) is 3.09. The van der Waals surface area contributed by atoms with Crippen molar-refractivity contribution in [3.63, 3.8) is 0 Å². The van der Waals surface area contributed by atoms with E-state index in [2.05, 4.69) is 15.3 Å². The van der Waals surface area contributed by atoms with Crippen molar-refractivity contribution in [1.29, 1.82) is 0 Å². The number of rotatable bonds is 3. The molecule has 1 amide bonds. The van der Waals surface area contributed by atoms with Crippen LogP contribution in [0.4, 0.5) is 0 Å². The molecule has 15 heavy (non-hydrogen) atoms. The molecule has 0 atom stereocenters. The Kier molecular flexibility index (Phi) is 3.90. The maximum absolute atomic E-state index is 11.4. The summed E-state index contributed by atoms with van der Waals surface area (Å²) in [5.41, 5.74) is 1.15. The molecule has 0 aliphatic rings. The van der Waals surface area contributed by atoms with Gasteiger partial charge in [0.25, 0.3) is 5.56 Å². The molecule has 0 fully saturated rings. The van der Waals surface area contributed by atoms with E-state index < -0.39 is 0 Å². The summed E-state index contributed by atoms with van der Waals surface area (Å²) in [5.74, 6) is 0.156. The molecule has 1 heterocycles. The molecule has 6 heteroatoms. The van der Waals surface area contributed by atoms with Crippen molar-refractivity contribution >= 4 is 17.7 Å². The Hall–Kier alpha value is -1.30. The second-order valence-corrected chi connectivity index (χ2v) is 4.01. The van der Waals surface area contributed by atoms with Crippen molar-refractivity contribution in [1.82, 2.24) is 15.3 Å². The standard InChI is InChI=1S/C9H13N3O2S/c1-5-6(2)11-9(12-8(5)14)15-4-7(13)10-3/h4H2,1-3H3,(H,10,13)(H,11,12,14). The zero-order valence-electron chi connectivity index (χ0n) is 8.88. The number of H-pyrrole nitrogens is 1. The van der Waals surface area contributed by atoms with Gasteiger partial charge >= 0.3 is 0 Å². The summed E-state index contributed by atoms with van der Waals surface area (Å²) in [6.45, 7) is 3.49. The van der Waals surface area contributed by atoms with Crippen LogP contribution in [0.25, 0.3) is 0 Å². The number of hydrogen-bond acceptors (Lipinski definition) is 4. The number of aromatic nitrogens is 2. The number of aromatic amines is 1. The lowest BCUT2D eigenvalue weighted by Gasteiger charge is -2.02. The van der Waals surface area contributed by atoms with Crippen molar-refractivity contribution in [2.24, 2.45) is 0 Å². The van der Waals surface area contributed by atoms with Crippen LogP contribution < -0.4 is 10.9 Å². The fourth-order valence-electron chi connectivity index (χ4n) is 0.894. The minimum atomic E-state index is -0.151. The quantitative estimate of drug-likeness (QED) is 0.572. The first kappa shape index (κ1) is 11.8. The highest BCUT2D eigenvalue weighted by Gasteiger charge is 2.05. The Morgan fingerprint density at radius 2 is 2.20 bits per heavy atom. The summed E-state index contributed by atoms with van der Waals surface area (Å²) in [6.07, 6.45) is 0. The summed E-state index contributed by atoms with van der Waals surface area (Å²) in [5, 5.41) is 2.97. The molecule has 0 aromatic carbocycles. The van der Waals surface area contributed by atoms with Gasteiger partial charge < -0.3 is 10.3 Å². The van der Waals surface area contributed by atoms with Crippen LogP contribution in [0, 0.1) is 13.8 Å². The van der Waals surface area contributed by atoms with Crippen LogP contribution >= 0.6 is 11.8 Å². The molecule has 0 radical (unpaired) electrons. The van der Waals surface area contributed by atoms with Gasteiger partial charge in [0.1, 0.15) is 0 Å². The minimum Gasteiger partial charge on any atom is -0.358 e. The number of carbonyl (C=O) groups is 1. The molecule has 0 aliphatic heterocycles. The van der Waals surface area contributed by atoms with Gasteiger partial charge in [-0.15, -0.1) is 0 Å². The second kappa shape index (κ2) is 4.97. The molecule has 0 aliphatic carbocycles. The second-order valence-electron chi connectivity index (χ2n) is 3.04. The van der Waals surface area contributed by atoms with Crippen LogP contribution in [0.5, 0.6) is 0 Å². The number of nitrogens with zero attached hydrogens (tertiary/aromatic N) is 1. The van der Waals surface area contributed by atoms with Crippen LogP contribution in [0.2, 0.25) is 0 Å². The molecule has 5 nitrogen and oxygen atoms in total. The van der Waals surface area contributed by atoms with E-state index >= 15 is 0 Å². The molecule has 1 rings (SSSR count). The van der Waals surface area contributed by atoms with E-state index in [-0.39, 0.29) is 17.2 Å². The molecule has 0 saturated heterocycles. The molecular weight excluding hydrogens is 214 g/mol. The summed E-state index contributed by atoms with van der Waals surface area (Å²) in [7, 11) is 1.57. The SMILES string of the molecule is CNC(=O)CSc1nc(C)c(C)c(=O)[nH]1. The fraction of sp³-hybridized carbons (Fsp3) is 0.444. The van der Waals surface area contributed by atoms with Gasteiger partial charge in [0.2, 0.25) is 5.91 Å². The lowest BCUT2D eigenvalue weighted by Crippen LogP contribution is -2.20. The van der Waals surface area contributed by atoms with E-state index in [1.807, 2.05) is 0 Å². The average molecular weight is 227 g/mol. The van der Waals surface area contributed by atoms with Gasteiger partial charge in [-0.3, -0.25) is 9.59 Å². The lowest BCUT2D eigenvalue weighted by atomic mass is 10.3. The third-order valence-corrected chi connectivity index (χ3v) is 2.87.